The Balaban J connectivity index is 1.92. The lowest BCUT2D eigenvalue weighted by molar-refractivity contribution is -0.136. The minimum absolute atomic E-state index is 0.162. The lowest BCUT2D eigenvalue weighted by Gasteiger charge is -1.98. The highest BCUT2D eigenvalue weighted by Crippen LogP contribution is 2.43. The van der Waals surface area contributed by atoms with Gasteiger partial charge in [-0.15, -0.1) is 0 Å². The second-order valence-corrected chi connectivity index (χ2v) is 4.57. The number of benzene rings is 1. The van der Waals surface area contributed by atoms with Crippen molar-refractivity contribution >= 4 is 16.9 Å². The van der Waals surface area contributed by atoms with Crippen molar-refractivity contribution < 1.29 is 14.4 Å². The zero-order valence-electron chi connectivity index (χ0n) is 9.35. The van der Waals surface area contributed by atoms with E-state index in [0.717, 1.165) is 22.2 Å². The van der Waals surface area contributed by atoms with Crippen molar-refractivity contribution in [2.45, 2.75) is 31.6 Å². The van der Waals surface area contributed by atoms with E-state index in [0.29, 0.717) is 12.3 Å². The maximum atomic E-state index is 10.5. The third kappa shape index (κ3) is 2.02. The Morgan fingerprint density at radius 2 is 2.29 bits per heavy atom. The number of aromatic nitrogens is 1. The summed E-state index contributed by atoms with van der Waals surface area (Å²) in [4.78, 5) is 10.5. The van der Waals surface area contributed by atoms with E-state index in [1.807, 2.05) is 18.2 Å². The molecule has 1 aliphatic rings. The van der Waals surface area contributed by atoms with Crippen LogP contribution in [0, 0.1) is 0 Å². The van der Waals surface area contributed by atoms with Gasteiger partial charge in [-0.2, -0.15) is 0 Å². The summed E-state index contributed by atoms with van der Waals surface area (Å²) in [5, 5.41) is 13.7. The molecule has 0 bridgehead atoms. The van der Waals surface area contributed by atoms with Gasteiger partial charge in [0.2, 0.25) is 0 Å². The first kappa shape index (κ1) is 10.3. The van der Waals surface area contributed by atoms with E-state index >= 15 is 0 Å². The monoisotopic (exact) mass is 231 g/mol. The quantitative estimate of drug-likeness (QED) is 0.878. The Bertz CT molecular complexity index is 569. The molecule has 4 heteroatoms. The molecule has 0 spiro atoms. The van der Waals surface area contributed by atoms with E-state index in [1.165, 1.54) is 12.8 Å². The van der Waals surface area contributed by atoms with Crippen LogP contribution in [0.4, 0.5) is 0 Å². The summed E-state index contributed by atoms with van der Waals surface area (Å²) < 4.78 is 5.35. The average Bonchev–Trinajstić information content (AvgIpc) is 3.07. The maximum Gasteiger partial charge on any atom is 0.303 e. The number of nitrogens with zero attached hydrogens (tertiary/aromatic N) is 1. The summed E-state index contributed by atoms with van der Waals surface area (Å²) >= 11 is 0. The van der Waals surface area contributed by atoms with Crippen LogP contribution in [0.5, 0.6) is 0 Å². The molecule has 2 aromatic rings. The van der Waals surface area contributed by atoms with Crippen LogP contribution in [-0.2, 0) is 11.2 Å². The molecular weight excluding hydrogens is 218 g/mol. The van der Waals surface area contributed by atoms with E-state index in [-0.39, 0.29) is 6.42 Å². The van der Waals surface area contributed by atoms with Crippen molar-refractivity contribution in [1.82, 2.24) is 5.16 Å². The van der Waals surface area contributed by atoms with Gasteiger partial charge in [0.15, 0.2) is 0 Å². The Labute approximate surface area is 98.2 Å². The van der Waals surface area contributed by atoms with Crippen LogP contribution in [0.1, 0.15) is 36.5 Å². The van der Waals surface area contributed by atoms with Gasteiger partial charge in [-0.05, 0) is 37.0 Å². The summed E-state index contributed by atoms with van der Waals surface area (Å²) in [6.45, 7) is 0. The molecule has 0 atom stereocenters. The summed E-state index contributed by atoms with van der Waals surface area (Å²) in [5.74, 6) is 0.727. The molecule has 1 N–H and O–H groups in total. The van der Waals surface area contributed by atoms with Crippen molar-refractivity contribution in [3.8, 4) is 0 Å². The molecule has 88 valence electrons. The highest BCUT2D eigenvalue weighted by molar-refractivity contribution is 5.82. The second-order valence-electron chi connectivity index (χ2n) is 4.57. The fraction of sp³-hybridized carbons (Fsp3) is 0.385. The lowest BCUT2D eigenvalue weighted by Crippen LogP contribution is -1.97. The van der Waals surface area contributed by atoms with E-state index < -0.39 is 5.97 Å². The molecular formula is C13H13NO3. The lowest BCUT2D eigenvalue weighted by atomic mass is 10.1. The zero-order valence-corrected chi connectivity index (χ0v) is 9.35. The van der Waals surface area contributed by atoms with Gasteiger partial charge in [-0.3, -0.25) is 4.79 Å². The van der Waals surface area contributed by atoms with Crippen LogP contribution in [0.2, 0.25) is 0 Å². The van der Waals surface area contributed by atoms with Crippen LogP contribution < -0.4 is 0 Å². The minimum atomic E-state index is -0.766. The number of aryl methyl sites for hydroxylation is 1. The van der Waals surface area contributed by atoms with E-state index in [9.17, 15) is 4.79 Å². The molecule has 17 heavy (non-hydrogen) atoms. The van der Waals surface area contributed by atoms with Gasteiger partial charge in [0, 0.05) is 17.7 Å². The van der Waals surface area contributed by atoms with Crippen molar-refractivity contribution in [2.75, 3.05) is 0 Å². The van der Waals surface area contributed by atoms with Gasteiger partial charge in [-0.1, -0.05) is 11.2 Å². The molecule has 0 unspecified atom stereocenters. The maximum absolute atomic E-state index is 10.5. The zero-order chi connectivity index (χ0) is 11.8. The van der Waals surface area contributed by atoms with Gasteiger partial charge < -0.3 is 9.63 Å². The third-order valence-electron chi connectivity index (χ3n) is 3.14. The van der Waals surface area contributed by atoms with Crippen molar-refractivity contribution in [3.05, 3.63) is 29.5 Å². The molecule has 0 amide bonds. The highest BCUT2D eigenvalue weighted by atomic mass is 16.5. The van der Waals surface area contributed by atoms with E-state index in [1.54, 1.807) is 0 Å². The molecule has 0 radical (unpaired) electrons. The SMILES string of the molecule is O=C(O)CCc1ccc2noc(C3CC3)c2c1. The third-order valence-corrected chi connectivity index (χ3v) is 3.14. The first-order valence-electron chi connectivity index (χ1n) is 5.84. The number of carboxylic acids is 1. The summed E-state index contributed by atoms with van der Waals surface area (Å²) in [6.07, 6.45) is 3.06. The molecule has 0 saturated heterocycles. The van der Waals surface area contributed by atoms with Gasteiger partial charge in [-0.25, -0.2) is 0 Å². The fourth-order valence-corrected chi connectivity index (χ4v) is 2.05. The van der Waals surface area contributed by atoms with Crippen LogP contribution in [-0.4, -0.2) is 16.2 Å². The predicted molar refractivity (Wildman–Crippen MR) is 61.9 cm³/mol. The predicted octanol–water partition coefficient (Wildman–Crippen LogP) is 2.72. The number of carbonyl (C=O) groups is 1. The Kier molecular flexibility index (Phi) is 2.35. The van der Waals surface area contributed by atoms with E-state index in [4.69, 9.17) is 9.63 Å². The molecule has 0 aliphatic heterocycles. The largest absolute Gasteiger partial charge is 0.481 e. The summed E-state index contributed by atoms with van der Waals surface area (Å²) in [7, 11) is 0. The standard InChI is InChI=1S/C13H13NO3/c15-12(16)6-2-8-1-5-11-10(7-8)13(17-14-11)9-3-4-9/h1,5,7,9H,2-4,6H2,(H,15,16). The molecule has 1 heterocycles. The number of carboxylic acid groups (broad SMARTS) is 1. The molecule has 1 aromatic heterocycles. The number of hydrogen-bond donors (Lipinski definition) is 1. The summed E-state index contributed by atoms with van der Waals surface area (Å²) in [6, 6.07) is 5.84. The molecule has 3 rings (SSSR count). The van der Waals surface area contributed by atoms with Crippen molar-refractivity contribution in [2.24, 2.45) is 0 Å². The topological polar surface area (TPSA) is 63.3 Å². The van der Waals surface area contributed by atoms with Gasteiger partial charge in [0.05, 0.1) is 0 Å². The number of rotatable bonds is 4. The molecule has 1 aliphatic carbocycles. The number of fused-ring (bicyclic) bond motifs is 1. The fourth-order valence-electron chi connectivity index (χ4n) is 2.05. The first-order chi connectivity index (χ1) is 8.24. The Hall–Kier alpha value is -1.84. The summed E-state index contributed by atoms with van der Waals surface area (Å²) in [5.41, 5.74) is 1.90. The second kappa shape index (κ2) is 3.87. The van der Waals surface area contributed by atoms with Crippen LogP contribution in [0.25, 0.3) is 10.9 Å². The van der Waals surface area contributed by atoms with Crippen molar-refractivity contribution in [3.63, 3.8) is 0 Å². The van der Waals surface area contributed by atoms with Crippen LogP contribution in [0.15, 0.2) is 22.7 Å². The molecule has 1 saturated carbocycles. The molecule has 4 nitrogen and oxygen atoms in total. The first-order valence-corrected chi connectivity index (χ1v) is 5.84. The Morgan fingerprint density at radius 3 is 3.00 bits per heavy atom. The minimum Gasteiger partial charge on any atom is -0.481 e. The number of aliphatic carboxylic acids is 1. The van der Waals surface area contributed by atoms with Crippen LogP contribution >= 0.6 is 0 Å². The number of hydrogen-bond acceptors (Lipinski definition) is 3. The molecule has 1 fully saturated rings. The molecule has 1 aromatic carbocycles. The Morgan fingerprint density at radius 1 is 1.47 bits per heavy atom. The van der Waals surface area contributed by atoms with Gasteiger partial charge in [0.25, 0.3) is 0 Å². The van der Waals surface area contributed by atoms with Crippen LogP contribution in [0.3, 0.4) is 0 Å². The van der Waals surface area contributed by atoms with Crippen molar-refractivity contribution in [1.29, 1.82) is 0 Å². The highest BCUT2D eigenvalue weighted by Gasteiger charge is 2.29. The van der Waals surface area contributed by atoms with Gasteiger partial charge in [0.1, 0.15) is 11.3 Å². The smallest absolute Gasteiger partial charge is 0.303 e. The van der Waals surface area contributed by atoms with Gasteiger partial charge >= 0.3 is 5.97 Å². The average molecular weight is 231 g/mol. The van der Waals surface area contributed by atoms with E-state index in [2.05, 4.69) is 5.16 Å². The normalized spacial score (nSPS) is 15.3.